The Morgan fingerprint density at radius 3 is 2.48 bits per heavy atom. The molecule has 1 N–H and O–H groups in total. The number of methoxy groups -OCH3 is 1. The van der Waals surface area contributed by atoms with Crippen molar-refractivity contribution >= 4 is 5.97 Å². The van der Waals surface area contributed by atoms with Gasteiger partial charge >= 0.3 is 5.97 Å². The van der Waals surface area contributed by atoms with Crippen molar-refractivity contribution in [1.29, 1.82) is 0 Å². The molecule has 2 aromatic rings. The van der Waals surface area contributed by atoms with E-state index in [4.69, 9.17) is 9.84 Å². The molecule has 0 aliphatic carbocycles. The van der Waals surface area contributed by atoms with Crippen LogP contribution in [-0.4, -0.2) is 18.2 Å². The summed E-state index contributed by atoms with van der Waals surface area (Å²) >= 11 is 0. The fraction of sp³-hybridized carbons (Fsp3) is 0.235. The van der Waals surface area contributed by atoms with E-state index in [1.165, 1.54) is 6.07 Å². The van der Waals surface area contributed by atoms with Crippen LogP contribution in [0.3, 0.4) is 0 Å². The molecule has 5 nitrogen and oxygen atoms in total. The molecule has 0 heterocycles. The highest BCUT2D eigenvalue weighted by Crippen LogP contribution is 2.29. The predicted molar refractivity (Wildman–Crippen MR) is 83.8 cm³/mol. The predicted octanol–water partition coefficient (Wildman–Crippen LogP) is 4.17. The zero-order valence-corrected chi connectivity index (χ0v) is 12.5. The van der Waals surface area contributed by atoms with Crippen LogP contribution in [-0.2, 0) is 4.79 Å². The number of ether oxygens (including phenoxy) is 1. The molecule has 1 unspecified atom stereocenters. The zero-order chi connectivity index (χ0) is 16.8. The summed E-state index contributed by atoms with van der Waals surface area (Å²) in [5, 5.41) is 11.6. The van der Waals surface area contributed by atoms with Gasteiger partial charge in [0.25, 0.3) is 0 Å². The second-order valence-electron chi connectivity index (χ2n) is 5.02. The normalized spacial score (nSPS) is 11.7. The van der Waals surface area contributed by atoms with E-state index in [1.54, 1.807) is 43.5 Å². The Morgan fingerprint density at radius 1 is 1.26 bits per heavy atom. The SMILES string of the molecule is COc1ccc(-c2ccc(C(CCC(=O)O)N=O)cc2F)cc1. The Bertz CT molecular complexity index is 700. The van der Waals surface area contributed by atoms with Crippen LogP contribution in [0.1, 0.15) is 24.4 Å². The molecule has 2 rings (SSSR count). The molecule has 0 aliphatic rings. The summed E-state index contributed by atoms with van der Waals surface area (Å²) in [5.74, 6) is -0.838. The van der Waals surface area contributed by atoms with Gasteiger partial charge in [-0.2, -0.15) is 4.91 Å². The van der Waals surface area contributed by atoms with Crippen LogP contribution in [0.5, 0.6) is 5.75 Å². The van der Waals surface area contributed by atoms with E-state index in [-0.39, 0.29) is 12.8 Å². The van der Waals surface area contributed by atoms with Crippen molar-refractivity contribution in [3.05, 3.63) is 58.8 Å². The summed E-state index contributed by atoms with van der Waals surface area (Å²) in [7, 11) is 1.55. The molecule has 6 heteroatoms. The summed E-state index contributed by atoms with van der Waals surface area (Å²) < 4.78 is 19.4. The van der Waals surface area contributed by atoms with Gasteiger partial charge in [0.15, 0.2) is 0 Å². The first-order valence-corrected chi connectivity index (χ1v) is 7.03. The Balaban J connectivity index is 2.25. The number of halogens is 1. The summed E-state index contributed by atoms with van der Waals surface area (Å²) in [6.45, 7) is 0. The van der Waals surface area contributed by atoms with Gasteiger partial charge in [-0.15, -0.1) is 0 Å². The molecule has 0 bridgehead atoms. The van der Waals surface area contributed by atoms with Crippen molar-refractivity contribution in [2.45, 2.75) is 18.9 Å². The minimum atomic E-state index is -1.02. The monoisotopic (exact) mass is 317 g/mol. The molecule has 23 heavy (non-hydrogen) atoms. The minimum absolute atomic E-state index is 0.0418. The standard InChI is InChI=1S/C17H16FNO4/c1-23-13-5-2-11(3-6-13)14-7-4-12(10-15(14)18)16(19-22)8-9-17(20)21/h2-7,10,16H,8-9H2,1H3,(H,20,21). The van der Waals surface area contributed by atoms with Gasteiger partial charge in [0, 0.05) is 12.0 Å². The largest absolute Gasteiger partial charge is 0.497 e. The van der Waals surface area contributed by atoms with Crippen molar-refractivity contribution in [3.8, 4) is 16.9 Å². The van der Waals surface area contributed by atoms with E-state index in [9.17, 15) is 14.1 Å². The highest BCUT2D eigenvalue weighted by atomic mass is 19.1. The fourth-order valence-electron chi connectivity index (χ4n) is 2.28. The van der Waals surface area contributed by atoms with E-state index < -0.39 is 17.8 Å². The van der Waals surface area contributed by atoms with Crippen LogP contribution in [0.4, 0.5) is 4.39 Å². The average Bonchev–Trinajstić information content (AvgIpc) is 2.55. The summed E-state index contributed by atoms with van der Waals surface area (Å²) in [5.41, 5.74) is 1.44. The highest BCUT2D eigenvalue weighted by Gasteiger charge is 2.16. The minimum Gasteiger partial charge on any atom is -0.497 e. The second kappa shape index (κ2) is 7.49. The smallest absolute Gasteiger partial charge is 0.303 e. The molecule has 0 aliphatic heterocycles. The van der Waals surface area contributed by atoms with E-state index >= 15 is 0 Å². The van der Waals surface area contributed by atoms with Crippen LogP contribution < -0.4 is 4.74 Å². The van der Waals surface area contributed by atoms with Gasteiger partial charge in [-0.25, -0.2) is 4.39 Å². The van der Waals surface area contributed by atoms with Gasteiger partial charge < -0.3 is 9.84 Å². The molecular weight excluding hydrogens is 301 g/mol. The van der Waals surface area contributed by atoms with Gasteiger partial charge in [-0.3, -0.25) is 4.79 Å². The van der Waals surface area contributed by atoms with Gasteiger partial charge in [-0.05, 0) is 35.7 Å². The third-order valence-electron chi connectivity index (χ3n) is 3.54. The molecule has 120 valence electrons. The number of carbonyl (C=O) groups is 1. The lowest BCUT2D eigenvalue weighted by Gasteiger charge is -2.11. The van der Waals surface area contributed by atoms with Crippen LogP contribution >= 0.6 is 0 Å². The molecule has 0 amide bonds. The lowest BCUT2D eigenvalue weighted by atomic mass is 9.98. The molecular formula is C17H16FNO4. The highest BCUT2D eigenvalue weighted by molar-refractivity contribution is 5.67. The van der Waals surface area contributed by atoms with Crippen LogP contribution in [0.2, 0.25) is 0 Å². The molecule has 0 spiro atoms. The van der Waals surface area contributed by atoms with Crippen LogP contribution in [0.25, 0.3) is 11.1 Å². The lowest BCUT2D eigenvalue weighted by molar-refractivity contribution is -0.137. The number of carboxylic acid groups (broad SMARTS) is 1. The van der Waals surface area contributed by atoms with Gasteiger partial charge in [0.2, 0.25) is 0 Å². The number of benzene rings is 2. The summed E-state index contributed by atoms with van der Waals surface area (Å²) in [6, 6.07) is 10.4. The van der Waals surface area contributed by atoms with E-state index in [1.807, 2.05) is 0 Å². The number of nitrogens with zero attached hydrogens (tertiary/aromatic N) is 1. The Labute approximate surface area is 132 Å². The maximum atomic E-state index is 14.3. The first-order valence-electron chi connectivity index (χ1n) is 7.03. The molecule has 0 saturated heterocycles. The number of carboxylic acids is 1. The number of nitroso groups, excluding NO2 is 1. The first-order chi connectivity index (χ1) is 11.0. The third-order valence-corrected chi connectivity index (χ3v) is 3.54. The Hall–Kier alpha value is -2.76. The maximum Gasteiger partial charge on any atom is 0.303 e. The van der Waals surface area contributed by atoms with E-state index in [0.29, 0.717) is 22.4 Å². The number of hydrogen-bond donors (Lipinski definition) is 1. The second-order valence-corrected chi connectivity index (χ2v) is 5.02. The zero-order valence-electron chi connectivity index (χ0n) is 12.5. The van der Waals surface area contributed by atoms with Gasteiger partial charge in [-0.1, -0.05) is 29.4 Å². The fourth-order valence-corrected chi connectivity index (χ4v) is 2.28. The van der Waals surface area contributed by atoms with Crippen molar-refractivity contribution in [2.24, 2.45) is 5.18 Å². The summed E-state index contributed by atoms with van der Waals surface area (Å²) in [6.07, 6.45) is -0.154. The van der Waals surface area contributed by atoms with E-state index in [2.05, 4.69) is 5.18 Å². The topological polar surface area (TPSA) is 76.0 Å². The Morgan fingerprint density at radius 2 is 1.96 bits per heavy atom. The number of aliphatic carboxylic acids is 1. The molecule has 1 atom stereocenters. The van der Waals surface area contributed by atoms with Crippen LogP contribution in [0.15, 0.2) is 47.6 Å². The van der Waals surface area contributed by atoms with Crippen molar-refractivity contribution in [1.82, 2.24) is 0 Å². The summed E-state index contributed by atoms with van der Waals surface area (Å²) in [4.78, 5) is 21.5. The maximum absolute atomic E-state index is 14.3. The lowest BCUT2D eigenvalue weighted by Crippen LogP contribution is -2.01. The van der Waals surface area contributed by atoms with E-state index in [0.717, 1.165) is 0 Å². The van der Waals surface area contributed by atoms with Crippen molar-refractivity contribution < 1.29 is 19.0 Å². The molecule has 0 radical (unpaired) electrons. The number of rotatable bonds is 7. The molecule has 0 aromatic heterocycles. The van der Waals surface area contributed by atoms with Gasteiger partial charge in [0.05, 0.1) is 7.11 Å². The van der Waals surface area contributed by atoms with Gasteiger partial charge in [0.1, 0.15) is 17.6 Å². The quantitative estimate of drug-likeness (QED) is 0.777. The average molecular weight is 317 g/mol. The van der Waals surface area contributed by atoms with Crippen molar-refractivity contribution in [2.75, 3.05) is 7.11 Å². The van der Waals surface area contributed by atoms with Crippen LogP contribution in [0, 0.1) is 10.7 Å². The molecule has 0 saturated carbocycles. The number of hydrogen-bond acceptors (Lipinski definition) is 4. The Kier molecular flexibility index (Phi) is 5.41. The molecule has 2 aromatic carbocycles. The third kappa shape index (κ3) is 4.12. The molecule has 0 fully saturated rings. The first kappa shape index (κ1) is 16.6. The van der Waals surface area contributed by atoms with Crippen molar-refractivity contribution in [3.63, 3.8) is 0 Å².